The van der Waals surface area contributed by atoms with E-state index in [1.54, 1.807) is 18.5 Å². The molecule has 210 valence electrons. The smallest absolute Gasteiger partial charge is 0.417 e. The van der Waals surface area contributed by atoms with Crippen molar-refractivity contribution in [3.63, 3.8) is 0 Å². The Morgan fingerprint density at radius 3 is 2.48 bits per heavy atom. The number of hydrogen-bond donors (Lipinski definition) is 2. The Bertz CT molecular complexity index is 1510. The highest BCUT2D eigenvalue weighted by Crippen LogP contribution is 2.36. The summed E-state index contributed by atoms with van der Waals surface area (Å²) < 4.78 is 61.5. The van der Waals surface area contributed by atoms with Crippen molar-refractivity contribution in [1.29, 1.82) is 0 Å². The average Bonchev–Trinajstić information content (AvgIpc) is 3.34. The average molecular weight is 578 g/mol. The number of ether oxygens (including phenoxy) is 1. The van der Waals surface area contributed by atoms with Gasteiger partial charge in [0.2, 0.25) is 0 Å². The Balaban J connectivity index is 1.43. The van der Waals surface area contributed by atoms with Crippen LogP contribution in [0.3, 0.4) is 0 Å². The van der Waals surface area contributed by atoms with E-state index in [9.17, 15) is 22.4 Å². The molecule has 2 N–H and O–H groups in total. The largest absolute Gasteiger partial charge is 0.454 e. The third-order valence-electron chi connectivity index (χ3n) is 5.87. The molecule has 0 bridgehead atoms. The van der Waals surface area contributed by atoms with Crippen molar-refractivity contribution in [2.75, 3.05) is 24.7 Å². The van der Waals surface area contributed by atoms with Gasteiger partial charge in [0.1, 0.15) is 17.8 Å². The van der Waals surface area contributed by atoms with Gasteiger partial charge in [0, 0.05) is 42.3 Å². The van der Waals surface area contributed by atoms with Gasteiger partial charge in [-0.2, -0.15) is 13.2 Å². The number of rotatable bonds is 8. The number of carbonyl (C=O) groups is 1. The number of halogens is 5. The Kier molecular flexibility index (Phi) is 8.55. The van der Waals surface area contributed by atoms with Crippen LogP contribution in [0.1, 0.15) is 12.5 Å². The number of urea groups is 1. The molecule has 0 fully saturated rings. The summed E-state index contributed by atoms with van der Waals surface area (Å²) in [4.78, 5) is 18.7. The third kappa shape index (κ3) is 7.04. The number of benzene rings is 2. The van der Waals surface area contributed by atoms with Crippen molar-refractivity contribution in [2.24, 2.45) is 0 Å². The molecule has 0 radical (unpaired) electrons. The predicted octanol–water partition coefficient (Wildman–Crippen LogP) is 6.54. The molecule has 2 aromatic heterocycles. The molecule has 4 rings (SSSR count). The van der Waals surface area contributed by atoms with Crippen molar-refractivity contribution < 1.29 is 27.1 Å². The van der Waals surface area contributed by atoms with Crippen LogP contribution in [0, 0.1) is 5.82 Å². The molecule has 0 saturated carbocycles. The number of anilines is 2. The molecule has 0 aliphatic heterocycles. The summed E-state index contributed by atoms with van der Waals surface area (Å²) in [6.07, 6.45) is -1.59. The monoisotopic (exact) mass is 577 g/mol. The van der Waals surface area contributed by atoms with Crippen LogP contribution in [-0.2, 0) is 12.7 Å². The number of amides is 2. The van der Waals surface area contributed by atoms with Crippen LogP contribution < -0.4 is 15.4 Å². The zero-order valence-electron chi connectivity index (χ0n) is 21.5. The number of alkyl halides is 3. The highest BCUT2D eigenvalue weighted by Gasteiger charge is 2.33. The van der Waals surface area contributed by atoms with Crippen LogP contribution in [0.4, 0.5) is 33.7 Å². The maximum Gasteiger partial charge on any atom is 0.417 e. The zero-order chi connectivity index (χ0) is 29.0. The summed E-state index contributed by atoms with van der Waals surface area (Å²) >= 11 is 5.59. The first kappa shape index (κ1) is 28.8. The van der Waals surface area contributed by atoms with Crippen molar-refractivity contribution >= 4 is 29.0 Å². The molecule has 0 saturated heterocycles. The molecule has 4 aromatic rings. The minimum absolute atomic E-state index is 0.0471. The SMILES string of the molecule is CC(Cn1cnnc1-c1cc(Oc2ccc(NC(=O)Nc3ccc(Cl)c(C(F)(F)F)c3)cc2F)ccn1)N(C)C. The summed E-state index contributed by atoms with van der Waals surface area (Å²) in [6, 6.07) is 9.10. The zero-order valence-corrected chi connectivity index (χ0v) is 22.3. The van der Waals surface area contributed by atoms with Crippen LogP contribution in [-0.4, -0.2) is 50.8 Å². The van der Waals surface area contributed by atoms with E-state index in [0.29, 0.717) is 29.9 Å². The molecule has 9 nitrogen and oxygen atoms in total. The van der Waals surface area contributed by atoms with E-state index in [0.717, 1.165) is 12.1 Å². The minimum Gasteiger partial charge on any atom is -0.454 e. The maximum atomic E-state index is 14.8. The highest BCUT2D eigenvalue weighted by atomic mass is 35.5. The summed E-state index contributed by atoms with van der Waals surface area (Å²) in [5.74, 6) is -0.0997. The molecule has 0 aliphatic carbocycles. The van der Waals surface area contributed by atoms with Gasteiger partial charge in [0.15, 0.2) is 17.4 Å². The molecule has 2 heterocycles. The number of pyridine rings is 1. The van der Waals surface area contributed by atoms with Crippen LogP contribution in [0.15, 0.2) is 61.1 Å². The topological polar surface area (TPSA) is 97.2 Å². The highest BCUT2D eigenvalue weighted by molar-refractivity contribution is 6.31. The standard InChI is InChI=1S/C26H24ClF4N7O2/c1-15(37(2)3)13-38-14-33-36-24(38)22-12-18(8-9-32-22)40-23-7-5-17(11-21(23)28)35-25(39)34-16-4-6-20(27)19(10-16)26(29,30)31/h4-12,14-15H,13H2,1-3H3,(H2,34,35,39). The fourth-order valence-corrected chi connectivity index (χ4v) is 3.76. The number of aromatic nitrogens is 4. The lowest BCUT2D eigenvalue weighted by atomic mass is 10.2. The summed E-state index contributed by atoms with van der Waals surface area (Å²) in [5, 5.41) is 12.2. The number of nitrogens with one attached hydrogen (secondary N) is 2. The lowest BCUT2D eigenvalue weighted by Crippen LogP contribution is -2.29. The first-order valence-corrected chi connectivity index (χ1v) is 12.2. The molecule has 14 heteroatoms. The van der Waals surface area contributed by atoms with E-state index in [1.165, 1.54) is 24.4 Å². The van der Waals surface area contributed by atoms with E-state index in [4.69, 9.17) is 16.3 Å². The van der Waals surface area contributed by atoms with Crippen molar-refractivity contribution in [2.45, 2.75) is 25.7 Å². The second-order valence-corrected chi connectivity index (χ2v) is 9.42. The van der Waals surface area contributed by atoms with Crippen LogP contribution in [0.25, 0.3) is 11.5 Å². The Morgan fingerprint density at radius 2 is 1.80 bits per heavy atom. The lowest BCUT2D eigenvalue weighted by Gasteiger charge is -2.20. The molecule has 2 amide bonds. The van der Waals surface area contributed by atoms with Gasteiger partial charge in [0.25, 0.3) is 0 Å². The first-order chi connectivity index (χ1) is 18.9. The molecule has 0 aliphatic rings. The van der Waals surface area contributed by atoms with Crippen LogP contribution >= 0.6 is 11.6 Å². The normalized spacial score (nSPS) is 12.3. The number of hydrogen-bond acceptors (Lipinski definition) is 6. The second kappa shape index (κ2) is 11.9. The van der Waals surface area contributed by atoms with Crippen molar-refractivity contribution in [3.05, 3.63) is 77.5 Å². The number of nitrogens with zero attached hydrogens (tertiary/aromatic N) is 5. The third-order valence-corrected chi connectivity index (χ3v) is 6.20. The van der Waals surface area contributed by atoms with Crippen molar-refractivity contribution in [1.82, 2.24) is 24.6 Å². The molecule has 40 heavy (non-hydrogen) atoms. The Morgan fingerprint density at radius 1 is 1.10 bits per heavy atom. The molecule has 1 unspecified atom stereocenters. The van der Waals surface area contributed by atoms with Gasteiger partial charge in [-0.05, 0) is 57.4 Å². The van der Waals surface area contributed by atoms with Gasteiger partial charge in [-0.1, -0.05) is 11.6 Å². The van der Waals surface area contributed by atoms with Gasteiger partial charge < -0.3 is 24.8 Å². The van der Waals surface area contributed by atoms with Crippen LogP contribution in [0.2, 0.25) is 5.02 Å². The maximum absolute atomic E-state index is 14.8. The molecular weight excluding hydrogens is 554 g/mol. The van der Waals surface area contributed by atoms with Gasteiger partial charge in [-0.25, -0.2) is 9.18 Å². The number of carbonyl (C=O) groups excluding carboxylic acids is 1. The van der Waals surface area contributed by atoms with E-state index < -0.39 is 28.6 Å². The Hall–Kier alpha value is -4.23. The quantitative estimate of drug-likeness (QED) is 0.231. The molecular formula is C26H24ClF4N7O2. The lowest BCUT2D eigenvalue weighted by molar-refractivity contribution is -0.137. The molecule has 0 spiro atoms. The van der Waals surface area contributed by atoms with E-state index in [2.05, 4.69) is 37.6 Å². The summed E-state index contributed by atoms with van der Waals surface area (Å²) in [7, 11) is 3.94. The predicted molar refractivity (Wildman–Crippen MR) is 142 cm³/mol. The Labute approximate surface area is 231 Å². The summed E-state index contributed by atoms with van der Waals surface area (Å²) in [6.45, 7) is 2.68. The van der Waals surface area contributed by atoms with Crippen molar-refractivity contribution in [3.8, 4) is 23.0 Å². The van der Waals surface area contributed by atoms with E-state index in [1.807, 2.05) is 18.7 Å². The van der Waals surface area contributed by atoms with E-state index >= 15 is 0 Å². The molecule has 1 atom stereocenters. The second-order valence-electron chi connectivity index (χ2n) is 9.02. The van der Waals surface area contributed by atoms with Gasteiger partial charge in [-0.15, -0.1) is 10.2 Å². The van der Waals surface area contributed by atoms with Gasteiger partial charge >= 0.3 is 12.2 Å². The van der Waals surface area contributed by atoms with Gasteiger partial charge in [-0.3, -0.25) is 4.98 Å². The first-order valence-electron chi connectivity index (χ1n) is 11.8. The van der Waals surface area contributed by atoms with Gasteiger partial charge in [0.05, 0.1) is 10.6 Å². The summed E-state index contributed by atoms with van der Waals surface area (Å²) in [5.41, 5.74) is -0.713. The fourth-order valence-electron chi connectivity index (χ4n) is 3.53. The van der Waals surface area contributed by atoms with Crippen LogP contribution in [0.5, 0.6) is 11.5 Å². The number of likely N-dealkylation sites (N-methyl/N-ethyl adjacent to an activating group) is 1. The minimum atomic E-state index is -4.69. The van der Waals surface area contributed by atoms with E-state index in [-0.39, 0.29) is 23.2 Å². The molecule has 2 aromatic carbocycles. The fraction of sp³-hybridized carbons (Fsp3) is 0.231.